The predicted molar refractivity (Wildman–Crippen MR) is 122 cm³/mol. The van der Waals surface area contributed by atoms with Crippen LogP contribution in [0.4, 0.5) is 18.9 Å². The van der Waals surface area contributed by atoms with Crippen LogP contribution < -0.4 is 10.1 Å². The van der Waals surface area contributed by atoms with Crippen molar-refractivity contribution in [3.63, 3.8) is 0 Å². The van der Waals surface area contributed by atoms with Crippen LogP contribution in [-0.2, 0) is 11.0 Å². The van der Waals surface area contributed by atoms with E-state index in [1.165, 1.54) is 23.9 Å². The zero-order valence-corrected chi connectivity index (χ0v) is 18.5. The fourth-order valence-electron chi connectivity index (χ4n) is 3.25. The number of nitrogens with one attached hydrogen (secondary N) is 1. The number of ether oxygens (including phenoxy) is 1. The van der Waals surface area contributed by atoms with Crippen molar-refractivity contribution in [2.45, 2.75) is 11.6 Å². The Morgan fingerprint density at radius 2 is 1.74 bits per heavy atom. The normalized spacial score (nSPS) is 12.3. The average Bonchev–Trinajstić information content (AvgIpc) is 3.29. The van der Waals surface area contributed by atoms with Crippen LogP contribution in [0.2, 0.25) is 0 Å². The molecule has 0 saturated heterocycles. The Bertz CT molecular complexity index is 1290. The average molecular weight is 487 g/mol. The molecule has 3 aromatic carbocycles. The van der Waals surface area contributed by atoms with E-state index in [1.54, 1.807) is 48.5 Å². The summed E-state index contributed by atoms with van der Waals surface area (Å²) in [6, 6.07) is 20.3. The predicted octanol–water partition coefficient (Wildman–Crippen LogP) is 5.88. The van der Waals surface area contributed by atoms with Gasteiger partial charge >= 0.3 is 12.2 Å². The molecular formula is C24H18ClF3N4O2. The van der Waals surface area contributed by atoms with Crippen molar-refractivity contribution in [2.75, 3.05) is 12.4 Å². The maximum atomic E-state index is 13.2. The molecule has 0 unspecified atom stereocenters. The van der Waals surface area contributed by atoms with Crippen LogP contribution in [0.25, 0.3) is 17.1 Å². The van der Waals surface area contributed by atoms with Gasteiger partial charge < -0.3 is 10.1 Å². The minimum atomic E-state index is -4.50. The molecule has 1 amide bonds. The van der Waals surface area contributed by atoms with E-state index in [0.29, 0.717) is 16.9 Å². The summed E-state index contributed by atoms with van der Waals surface area (Å²) in [7, 11) is 1.36. The number of methoxy groups -OCH3 is 1. The molecular weight excluding hydrogens is 469 g/mol. The summed E-state index contributed by atoms with van der Waals surface area (Å²) in [4.78, 5) is 16.7. The van der Waals surface area contributed by atoms with Gasteiger partial charge in [0.05, 0.1) is 18.4 Å². The summed E-state index contributed by atoms with van der Waals surface area (Å²) in [5, 5.41) is 6.09. The first kappa shape index (κ1) is 23.3. The van der Waals surface area contributed by atoms with E-state index in [-0.39, 0.29) is 17.4 Å². The number of amides is 1. The van der Waals surface area contributed by atoms with Crippen LogP contribution in [0.1, 0.15) is 16.5 Å². The lowest BCUT2D eigenvalue weighted by atomic mass is 10.1. The smallest absolute Gasteiger partial charge is 0.416 e. The van der Waals surface area contributed by atoms with Crippen LogP contribution in [-0.4, -0.2) is 27.8 Å². The number of hydrogen-bond donors (Lipinski definition) is 1. The highest BCUT2D eigenvalue weighted by atomic mass is 35.5. The van der Waals surface area contributed by atoms with E-state index in [2.05, 4.69) is 15.4 Å². The number of carbonyl (C=O) groups excluding carboxylic acids is 1. The van der Waals surface area contributed by atoms with Gasteiger partial charge in [0.1, 0.15) is 5.38 Å². The molecule has 0 aliphatic heterocycles. The van der Waals surface area contributed by atoms with Gasteiger partial charge in [-0.15, -0.1) is 16.7 Å². The van der Waals surface area contributed by atoms with Crippen LogP contribution >= 0.6 is 11.6 Å². The van der Waals surface area contributed by atoms with Gasteiger partial charge in [0.15, 0.2) is 5.82 Å². The highest BCUT2D eigenvalue weighted by molar-refractivity contribution is 6.32. The minimum Gasteiger partial charge on any atom is -0.466 e. The number of carbonyl (C=O) groups is 1. The molecule has 34 heavy (non-hydrogen) atoms. The Labute approximate surface area is 198 Å². The molecule has 0 aliphatic carbocycles. The van der Waals surface area contributed by atoms with Crippen molar-refractivity contribution in [2.24, 2.45) is 0 Å². The first-order valence-corrected chi connectivity index (χ1v) is 10.5. The third kappa shape index (κ3) is 5.04. The number of anilines is 1. The molecule has 10 heteroatoms. The maximum Gasteiger partial charge on any atom is 0.416 e. The van der Waals surface area contributed by atoms with Gasteiger partial charge in [-0.2, -0.15) is 18.2 Å². The lowest BCUT2D eigenvalue weighted by Crippen LogP contribution is -2.17. The second-order valence-electron chi connectivity index (χ2n) is 7.22. The maximum absolute atomic E-state index is 13.2. The van der Waals surface area contributed by atoms with E-state index in [1.807, 2.05) is 6.07 Å². The van der Waals surface area contributed by atoms with E-state index < -0.39 is 23.0 Å². The number of hydrogen-bond acceptors (Lipinski definition) is 4. The molecule has 0 bridgehead atoms. The van der Waals surface area contributed by atoms with Crippen LogP contribution in [0, 0.1) is 0 Å². The molecule has 4 rings (SSSR count). The molecule has 0 fully saturated rings. The first-order chi connectivity index (χ1) is 16.3. The van der Waals surface area contributed by atoms with Gasteiger partial charge in [-0.3, -0.25) is 4.79 Å². The monoisotopic (exact) mass is 486 g/mol. The highest BCUT2D eigenvalue weighted by Gasteiger charge is 2.31. The lowest BCUT2D eigenvalue weighted by molar-refractivity contribution is -0.137. The van der Waals surface area contributed by atoms with Crippen molar-refractivity contribution < 1.29 is 22.7 Å². The quantitative estimate of drug-likeness (QED) is 0.345. The molecule has 6 nitrogen and oxygen atoms in total. The van der Waals surface area contributed by atoms with E-state index >= 15 is 0 Å². The third-order valence-electron chi connectivity index (χ3n) is 4.92. The van der Waals surface area contributed by atoms with Gasteiger partial charge in [-0.1, -0.05) is 42.5 Å². The third-order valence-corrected chi connectivity index (χ3v) is 5.37. The molecule has 0 aliphatic rings. The molecule has 174 valence electrons. The van der Waals surface area contributed by atoms with Crippen LogP contribution in [0.3, 0.4) is 0 Å². The molecule has 4 aromatic rings. The van der Waals surface area contributed by atoms with Gasteiger partial charge in [-0.05, 0) is 42.0 Å². The molecule has 1 N–H and O–H groups in total. The number of aromatic nitrogens is 3. The van der Waals surface area contributed by atoms with Crippen molar-refractivity contribution in [3.8, 4) is 23.1 Å². The summed E-state index contributed by atoms with van der Waals surface area (Å²) in [6.45, 7) is 0. The Balaban J connectivity index is 1.60. The molecule has 0 saturated carbocycles. The molecule has 0 radical (unpaired) electrons. The van der Waals surface area contributed by atoms with Crippen molar-refractivity contribution >= 4 is 23.2 Å². The topological polar surface area (TPSA) is 69.0 Å². The minimum absolute atomic E-state index is 0.00219. The second kappa shape index (κ2) is 9.56. The zero-order valence-electron chi connectivity index (χ0n) is 17.8. The van der Waals surface area contributed by atoms with Gasteiger partial charge in [0.25, 0.3) is 0 Å². The summed E-state index contributed by atoms with van der Waals surface area (Å²) >= 11 is 6.26. The highest BCUT2D eigenvalue weighted by Crippen LogP contribution is 2.33. The molecule has 0 spiro atoms. The fourth-order valence-corrected chi connectivity index (χ4v) is 3.45. The number of halogens is 4. The van der Waals surface area contributed by atoms with Crippen molar-refractivity contribution in [1.82, 2.24) is 14.8 Å². The summed E-state index contributed by atoms with van der Waals surface area (Å²) in [5.41, 5.74) is 1.08. The van der Waals surface area contributed by atoms with Gasteiger partial charge in [-0.25, -0.2) is 4.68 Å². The number of nitrogens with zero attached hydrogens (tertiary/aromatic N) is 3. The van der Waals surface area contributed by atoms with E-state index in [0.717, 1.165) is 12.1 Å². The molecule has 1 heterocycles. The van der Waals surface area contributed by atoms with Crippen LogP contribution in [0.5, 0.6) is 6.01 Å². The molecule has 1 aromatic heterocycles. The van der Waals surface area contributed by atoms with Crippen LogP contribution in [0.15, 0.2) is 78.9 Å². The standard InChI is InChI=1S/C24H18ClF3N4O2/c1-34-23-30-21(16-8-5-9-17(14-16)24(26,27)28)32(31-23)19-12-10-18(11-13-19)29-22(33)20(25)15-6-3-2-4-7-15/h2-14,20H,1H3,(H,29,33)/t20-/m0/s1. The number of benzene rings is 3. The zero-order chi connectivity index (χ0) is 24.3. The first-order valence-electron chi connectivity index (χ1n) is 10.1. The second-order valence-corrected chi connectivity index (χ2v) is 7.66. The van der Waals surface area contributed by atoms with Gasteiger partial charge in [0, 0.05) is 11.3 Å². The number of alkyl halides is 4. The Morgan fingerprint density at radius 3 is 2.38 bits per heavy atom. The van der Waals surface area contributed by atoms with E-state index in [9.17, 15) is 18.0 Å². The summed E-state index contributed by atoms with van der Waals surface area (Å²) in [5.74, 6) is -0.225. The SMILES string of the molecule is COc1nc(-c2cccc(C(F)(F)F)c2)n(-c2ccc(NC(=O)[C@@H](Cl)c3ccccc3)cc2)n1. The summed E-state index contributed by atoms with van der Waals surface area (Å²) < 4.78 is 46.0. The van der Waals surface area contributed by atoms with Crippen molar-refractivity contribution in [3.05, 3.63) is 90.0 Å². The summed E-state index contributed by atoms with van der Waals surface area (Å²) in [6.07, 6.45) is -4.50. The van der Waals surface area contributed by atoms with Crippen molar-refractivity contribution in [1.29, 1.82) is 0 Å². The number of rotatable bonds is 6. The Kier molecular flexibility index (Phi) is 6.56. The largest absolute Gasteiger partial charge is 0.466 e. The van der Waals surface area contributed by atoms with E-state index in [4.69, 9.17) is 16.3 Å². The lowest BCUT2D eigenvalue weighted by Gasteiger charge is -2.12. The van der Waals surface area contributed by atoms with Gasteiger partial charge in [0.2, 0.25) is 5.91 Å². The Hall–Kier alpha value is -3.85. The molecule has 1 atom stereocenters. The fraction of sp³-hybridized carbons (Fsp3) is 0.125. The Morgan fingerprint density at radius 1 is 1.03 bits per heavy atom.